The fourth-order valence-electron chi connectivity index (χ4n) is 3.70. The molecule has 0 aliphatic rings. The van der Waals surface area contributed by atoms with Crippen LogP contribution in [0.5, 0.6) is 11.5 Å². The second-order valence-corrected chi connectivity index (χ2v) is 8.17. The first-order valence-electron chi connectivity index (χ1n) is 10.6. The van der Waals surface area contributed by atoms with Crippen molar-refractivity contribution >= 4 is 28.8 Å². The summed E-state index contributed by atoms with van der Waals surface area (Å²) in [5.74, 6) is 1.04. The number of ether oxygens (including phenoxy) is 1. The van der Waals surface area contributed by atoms with Gasteiger partial charge < -0.3 is 10.1 Å². The van der Waals surface area contributed by atoms with Crippen molar-refractivity contribution in [3.63, 3.8) is 0 Å². The highest BCUT2D eigenvalue weighted by Crippen LogP contribution is 2.29. The lowest BCUT2D eigenvalue weighted by Crippen LogP contribution is -2.18. The second-order valence-electron chi connectivity index (χ2n) is 7.73. The smallest absolute Gasteiger partial charge is 0.278 e. The molecular weight excluding hydrogens is 450 g/mol. The highest BCUT2D eigenvalue weighted by molar-refractivity contribution is 6.30. The molecule has 1 amide bonds. The Kier molecular flexibility index (Phi) is 5.69. The molecule has 0 aliphatic heterocycles. The van der Waals surface area contributed by atoms with Gasteiger partial charge in [0, 0.05) is 10.7 Å². The van der Waals surface area contributed by atoms with Gasteiger partial charge in [-0.05, 0) is 67.9 Å². The minimum atomic E-state index is -0.371. The lowest BCUT2D eigenvalue weighted by Gasteiger charge is -2.09. The van der Waals surface area contributed by atoms with Crippen LogP contribution in [0.15, 0.2) is 78.9 Å². The van der Waals surface area contributed by atoms with Crippen LogP contribution in [0.25, 0.3) is 16.8 Å². The molecule has 168 valence electrons. The number of aryl methyl sites for hydroxylation is 2. The first-order chi connectivity index (χ1) is 16.5. The number of carbonyl (C=O) groups is 1. The van der Waals surface area contributed by atoms with Gasteiger partial charge >= 0.3 is 0 Å². The van der Waals surface area contributed by atoms with Crippen molar-refractivity contribution in [3.8, 4) is 22.6 Å². The van der Waals surface area contributed by atoms with E-state index < -0.39 is 0 Å². The quantitative estimate of drug-likeness (QED) is 0.336. The largest absolute Gasteiger partial charge is 0.457 e. The molecule has 2 heterocycles. The summed E-state index contributed by atoms with van der Waals surface area (Å²) in [6.45, 7) is 3.70. The summed E-state index contributed by atoms with van der Waals surface area (Å²) in [6, 6.07) is 24.1. The zero-order valence-corrected chi connectivity index (χ0v) is 19.2. The lowest BCUT2D eigenvalue weighted by atomic mass is 10.1. The number of anilines is 1. The number of aromatic nitrogens is 4. The number of hydrogen-bond donors (Lipinski definition) is 1. The van der Waals surface area contributed by atoms with Crippen LogP contribution in [-0.2, 0) is 0 Å². The molecule has 34 heavy (non-hydrogen) atoms. The van der Waals surface area contributed by atoms with E-state index in [4.69, 9.17) is 16.3 Å². The summed E-state index contributed by atoms with van der Waals surface area (Å²) in [7, 11) is 0. The Balaban J connectivity index is 1.38. The zero-order valence-electron chi connectivity index (χ0n) is 18.5. The zero-order chi connectivity index (χ0) is 23.7. The SMILES string of the molecule is Cc1nn2c(C)c(C(=O)Nc3ccc(Oc4ccccc4)cc3)nnc2c1-c1ccc(Cl)cc1. The first-order valence-corrected chi connectivity index (χ1v) is 11.0. The normalized spacial score (nSPS) is 10.9. The van der Waals surface area contributed by atoms with Gasteiger partial charge in [0.15, 0.2) is 11.3 Å². The van der Waals surface area contributed by atoms with Crippen LogP contribution < -0.4 is 10.1 Å². The van der Waals surface area contributed by atoms with E-state index in [-0.39, 0.29) is 11.6 Å². The molecule has 0 unspecified atom stereocenters. The number of amides is 1. The molecule has 7 nitrogen and oxygen atoms in total. The fourth-order valence-corrected chi connectivity index (χ4v) is 3.82. The topological polar surface area (TPSA) is 81.4 Å². The van der Waals surface area contributed by atoms with Crippen molar-refractivity contribution < 1.29 is 9.53 Å². The Morgan fingerprint density at radius 1 is 0.882 bits per heavy atom. The predicted octanol–water partition coefficient (Wildman–Crippen LogP) is 6.11. The number of halogens is 1. The monoisotopic (exact) mass is 469 g/mol. The number of nitrogens with zero attached hydrogens (tertiary/aromatic N) is 4. The molecule has 8 heteroatoms. The molecule has 0 saturated heterocycles. The number of rotatable bonds is 5. The molecule has 0 radical (unpaired) electrons. The molecule has 0 spiro atoms. The maximum atomic E-state index is 13.0. The number of para-hydroxylation sites is 1. The van der Waals surface area contributed by atoms with E-state index >= 15 is 0 Å². The average Bonchev–Trinajstić information content (AvgIpc) is 3.18. The first kappa shape index (κ1) is 21.6. The minimum Gasteiger partial charge on any atom is -0.457 e. The van der Waals surface area contributed by atoms with E-state index in [2.05, 4.69) is 20.6 Å². The molecular formula is C26H20ClN5O2. The predicted molar refractivity (Wildman–Crippen MR) is 132 cm³/mol. The number of fused-ring (bicyclic) bond motifs is 1. The standard InChI is InChI=1S/C26H20ClN5O2/c1-16-23(18-8-10-19(27)11-9-18)25-30-29-24(17(2)32(25)31-16)26(33)28-20-12-14-22(15-13-20)34-21-6-4-3-5-7-21/h3-15H,1-2H3,(H,28,33). The molecule has 5 aromatic rings. The van der Waals surface area contributed by atoms with Crippen molar-refractivity contribution in [1.29, 1.82) is 0 Å². The van der Waals surface area contributed by atoms with Gasteiger partial charge in [-0.15, -0.1) is 10.2 Å². The minimum absolute atomic E-state index is 0.197. The van der Waals surface area contributed by atoms with E-state index in [9.17, 15) is 4.79 Å². The Hall–Kier alpha value is -4.23. The summed E-state index contributed by atoms with van der Waals surface area (Å²) >= 11 is 6.02. The summed E-state index contributed by atoms with van der Waals surface area (Å²) in [5.41, 5.74) is 4.55. The molecule has 2 aromatic heterocycles. The summed E-state index contributed by atoms with van der Waals surface area (Å²) in [4.78, 5) is 13.0. The van der Waals surface area contributed by atoms with Crippen molar-refractivity contribution in [3.05, 3.63) is 101 Å². The van der Waals surface area contributed by atoms with Gasteiger partial charge in [0.05, 0.1) is 17.0 Å². The Morgan fingerprint density at radius 3 is 2.26 bits per heavy atom. The molecule has 3 aromatic carbocycles. The van der Waals surface area contributed by atoms with Crippen molar-refractivity contribution in [2.45, 2.75) is 13.8 Å². The molecule has 0 bridgehead atoms. The van der Waals surface area contributed by atoms with E-state index in [0.29, 0.717) is 27.8 Å². The van der Waals surface area contributed by atoms with Crippen LogP contribution in [0.4, 0.5) is 5.69 Å². The van der Waals surface area contributed by atoms with E-state index in [1.54, 1.807) is 35.7 Å². The maximum absolute atomic E-state index is 13.0. The Bertz CT molecular complexity index is 1480. The van der Waals surface area contributed by atoms with Crippen LogP contribution in [-0.4, -0.2) is 25.7 Å². The van der Waals surface area contributed by atoms with Gasteiger partial charge in [0.25, 0.3) is 5.91 Å². The Morgan fingerprint density at radius 2 is 1.56 bits per heavy atom. The highest BCUT2D eigenvalue weighted by Gasteiger charge is 2.20. The molecule has 5 rings (SSSR count). The van der Waals surface area contributed by atoms with E-state index in [1.165, 1.54) is 0 Å². The molecule has 0 aliphatic carbocycles. The van der Waals surface area contributed by atoms with Gasteiger partial charge in [0.2, 0.25) is 0 Å². The number of benzene rings is 3. The molecule has 1 N–H and O–H groups in total. The average molecular weight is 470 g/mol. The lowest BCUT2D eigenvalue weighted by molar-refractivity contribution is 0.102. The van der Waals surface area contributed by atoms with Crippen LogP contribution >= 0.6 is 11.6 Å². The van der Waals surface area contributed by atoms with Crippen LogP contribution in [0.1, 0.15) is 21.9 Å². The van der Waals surface area contributed by atoms with Crippen LogP contribution in [0.2, 0.25) is 5.02 Å². The number of hydrogen-bond acceptors (Lipinski definition) is 5. The number of nitrogens with one attached hydrogen (secondary N) is 1. The number of carbonyl (C=O) groups excluding carboxylic acids is 1. The van der Waals surface area contributed by atoms with Crippen LogP contribution in [0, 0.1) is 13.8 Å². The third-order valence-corrected chi connectivity index (χ3v) is 5.63. The second kappa shape index (κ2) is 8.96. The van der Waals surface area contributed by atoms with Gasteiger partial charge in [-0.25, -0.2) is 4.52 Å². The third kappa shape index (κ3) is 4.21. The molecule has 0 fully saturated rings. The summed E-state index contributed by atoms with van der Waals surface area (Å²) in [6.07, 6.45) is 0. The third-order valence-electron chi connectivity index (χ3n) is 5.38. The molecule has 0 atom stereocenters. The summed E-state index contributed by atoms with van der Waals surface area (Å²) in [5, 5.41) is 16.7. The fraction of sp³-hybridized carbons (Fsp3) is 0.0769. The summed E-state index contributed by atoms with van der Waals surface area (Å²) < 4.78 is 7.44. The van der Waals surface area contributed by atoms with Gasteiger partial charge in [-0.3, -0.25) is 4.79 Å². The van der Waals surface area contributed by atoms with Gasteiger partial charge in [-0.2, -0.15) is 5.10 Å². The molecule has 0 saturated carbocycles. The van der Waals surface area contributed by atoms with Crippen LogP contribution in [0.3, 0.4) is 0 Å². The highest BCUT2D eigenvalue weighted by atomic mass is 35.5. The van der Waals surface area contributed by atoms with Crippen molar-refractivity contribution in [2.75, 3.05) is 5.32 Å². The van der Waals surface area contributed by atoms with Gasteiger partial charge in [-0.1, -0.05) is 41.9 Å². The Labute approximate surface area is 201 Å². The van der Waals surface area contributed by atoms with E-state index in [1.807, 2.05) is 61.5 Å². The van der Waals surface area contributed by atoms with Crippen molar-refractivity contribution in [1.82, 2.24) is 19.8 Å². The van der Waals surface area contributed by atoms with Gasteiger partial charge in [0.1, 0.15) is 11.5 Å². The van der Waals surface area contributed by atoms with Crippen molar-refractivity contribution in [2.24, 2.45) is 0 Å². The maximum Gasteiger partial charge on any atom is 0.278 e. The van der Waals surface area contributed by atoms with E-state index in [0.717, 1.165) is 22.6 Å².